The fourth-order valence-corrected chi connectivity index (χ4v) is 5.26. The number of hydrogen-bond donors (Lipinski definition) is 1. The molecule has 4 heteroatoms. The maximum absolute atomic E-state index is 12.2. The summed E-state index contributed by atoms with van der Waals surface area (Å²) in [6, 6.07) is 2.28. The molecule has 0 radical (unpaired) electrons. The number of nitrogens with two attached hydrogens (primary N) is 1. The standard InChI is InChI=1S/C15H21N3O/c16-8-13-1-2-17-15(19)18(13)14-11-4-9-3-10(6-11)7-12(14)5-9/h1-2,9-12,14H,3-8,16H2. The van der Waals surface area contributed by atoms with Gasteiger partial charge in [-0.05, 0) is 61.8 Å². The molecule has 1 heterocycles. The minimum absolute atomic E-state index is 0.0968. The summed E-state index contributed by atoms with van der Waals surface area (Å²) in [7, 11) is 0. The zero-order valence-electron chi connectivity index (χ0n) is 11.2. The van der Waals surface area contributed by atoms with Gasteiger partial charge in [0.1, 0.15) is 0 Å². The molecule has 4 fully saturated rings. The third-order valence-corrected chi connectivity index (χ3v) is 5.65. The van der Waals surface area contributed by atoms with E-state index >= 15 is 0 Å². The normalized spacial score (nSPS) is 39.7. The van der Waals surface area contributed by atoms with Crippen LogP contribution in [0.4, 0.5) is 0 Å². The van der Waals surface area contributed by atoms with Crippen LogP contribution in [-0.2, 0) is 6.54 Å². The van der Waals surface area contributed by atoms with E-state index in [4.69, 9.17) is 5.73 Å². The van der Waals surface area contributed by atoms with Gasteiger partial charge in [-0.15, -0.1) is 0 Å². The van der Waals surface area contributed by atoms with E-state index in [0.717, 1.165) is 17.5 Å². The summed E-state index contributed by atoms with van der Waals surface area (Å²) < 4.78 is 1.94. The van der Waals surface area contributed by atoms with Crippen molar-refractivity contribution in [3.63, 3.8) is 0 Å². The van der Waals surface area contributed by atoms with Crippen LogP contribution >= 0.6 is 0 Å². The molecule has 1 aromatic heterocycles. The van der Waals surface area contributed by atoms with Crippen molar-refractivity contribution in [2.24, 2.45) is 29.4 Å². The van der Waals surface area contributed by atoms with Gasteiger partial charge in [-0.2, -0.15) is 0 Å². The van der Waals surface area contributed by atoms with Gasteiger partial charge in [-0.3, -0.25) is 4.57 Å². The van der Waals surface area contributed by atoms with Crippen LogP contribution in [-0.4, -0.2) is 9.55 Å². The third-order valence-electron chi connectivity index (χ3n) is 5.65. The van der Waals surface area contributed by atoms with Crippen LogP contribution in [0.1, 0.15) is 43.8 Å². The van der Waals surface area contributed by atoms with E-state index in [0.29, 0.717) is 24.4 Å². The summed E-state index contributed by atoms with van der Waals surface area (Å²) in [5.74, 6) is 3.21. The first-order valence-corrected chi connectivity index (χ1v) is 7.52. The van der Waals surface area contributed by atoms with Crippen LogP contribution in [0.25, 0.3) is 0 Å². The van der Waals surface area contributed by atoms with Crippen molar-refractivity contribution in [1.82, 2.24) is 9.55 Å². The Morgan fingerprint density at radius 2 is 1.79 bits per heavy atom. The monoisotopic (exact) mass is 259 g/mol. The quantitative estimate of drug-likeness (QED) is 0.879. The Morgan fingerprint density at radius 1 is 1.16 bits per heavy atom. The lowest BCUT2D eigenvalue weighted by Gasteiger charge is -2.54. The highest BCUT2D eigenvalue weighted by Crippen LogP contribution is 2.58. The summed E-state index contributed by atoms with van der Waals surface area (Å²) in [6.45, 7) is 0.431. The SMILES string of the molecule is NCc1ccnc(=O)n1C1C2CC3CC(C2)CC1C3. The summed E-state index contributed by atoms with van der Waals surface area (Å²) in [4.78, 5) is 16.2. The van der Waals surface area contributed by atoms with Crippen LogP contribution in [0.5, 0.6) is 0 Å². The van der Waals surface area contributed by atoms with E-state index in [1.54, 1.807) is 6.20 Å². The second-order valence-corrected chi connectivity index (χ2v) is 6.71. The van der Waals surface area contributed by atoms with Crippen molar-refractivity contribution in [2.75, 3.05) is 0 Å². The molecule has 0 saturated heterocycles. The molecule has 5 rings (SSSR count). The zero-order chi connectivity index (χ0) is 13.0. The molecule has 4 nitrogen and oxygen atoms in total. The van der Waals surface area contributed by atoms with Gasteiger partial charge in [0.2, 0.25) is 0 Å². The van der Waals surface area contributed by atoms with E-state index < -0.39 is 0 Å². The predicted octanol–water partition coefficient (Wildman–Crippen LogP) is 1.70. The lowest BCUT2D eigenvalue weighted by Crippen LogP contribution is -2.49. The van der Waals surface area contributed by atoms with Crippen molar-refractivity contribution in [2.45, 2.75) is 44.7 Å². The molecule has 0 aromatic carbocycles. The van der Waals surface area contributed by atoms with Crippen LogP contribution in [0.15, 0.2) is 17.1 Å². The van der Waals surface area contributed by atoms with Crippen LogP contribution < -0.4 is 11.4 Å². The molecule has 19 heavy (non-hydrogen) atoms. The van der Waals surface area contributed by atoms with Gasteiger partial charge in [-0.25, -0.2) is 9.78 Å². The topological polar surface area (TPSA) is 60.9 Å². The number of nitrogens with zero attached hydrogens (tertiary/aromatic N) is 2. The van der Waals surface area contributed by atoms with Gasteiger partial charge in [0.25, 0.3) is 0 Å². The zero-order valence-corrected chi connectivity index (χ0v) is 11.2. The molecule has 0 spiro atoms. The molecule has 4 aliphatic carbocycles. The number of rotatable bonds is 2. The number of aromatic nitrogens is 2. The molecule has 4 bridgehead atoms. The average molecular weight is 259 g/mol. The fraction of sp³-hybridized carbons (Fsp3) is 0.733. The Kier molecular flexibility index (Phi) is 2.56. The van der Waals surface area contributed by atoms with Crippen molar-refractivity contribution >= 4 is 0 Å². The van der Waals surface area contributed by atoms with Gasteiger partial charge in [0, 0.05) is 24.5 Å². The summed E-state index contributed by atoms with van der Waals surface area (Å²) >= 11 is 0. The van der Waals surface area contributed by atoms with Crippen LogP contribution in [0.2, 0.25) is 0 Å². The maximum atomic E-state index is 12.2. The van der Waals surface area contributed by atoms with Gasteiger partial charge in [0.05, 0.1) is 0 Å². The molecule has 4 aliphatic rings. The van der Waals surface area contributed by atoms with Gasteiger partial charge >= 0.3 is 5.69 Å². The molecule has 2 N–H and O–H groups in total. The highest BCUT2D eigenvalue weighted by Gasteiger charge is 2.49. The Labute approximate surface area is 113 Å². The van der Waals surface area contributed by atoms with E-state index in [2.05, 4.69) is 4.98 Å². The highest BCUT2D eigenvalue weighted by molar-refractivity contribution is 5.08. The summed E-state index contributed by atoms with van der Waals surface area (Å²) in [5, 5.41) is 0. The van der Waals surface area contributed by atoms with Crippen molar-refractivity contribution in [3.05, 3.63) is 28.4 Å². The van der Waals surface area contributed by atoms with E-state index in [-0.39, 0.29) is 5.69 Å². The Balaban J connectivity index is 1.79. The van der Waals surface area contributed by atoms with Crippen LogP contribution in [0, 0.1) is 23.7 Å². The second-order valence-electron chi connectivity index (χ2n) is 6.71. The minimum Gasteiger partial charge on any atom is -0.325 e. The Bertz CT molecular complexity index is 523. The molecule has 0 aliphatic heterocycles. The Hall–Kier alpha value is -1.16. The maximum Gasteiger partial charge on any atom is 0.348 e. The van der Waals surface area contributed by atoms with Gasteiger partial charge < -0.3 is 5.73 Å². The first-order chi connectivity index (χ1) is 9.26. The predicted molar refractivity (Wildman–Crippen MR) is 72.5 cm³/mol. The lowest BCUT2D eigenvalue weighted by molar-refractivity contribution is -0.0318. The fourth-order valence-electron chi connectivity index (χ4n) is 5.26. The average Bonchev–Trinajstić information content (AvgIpc) is 2.39. The molecule has 0 atom stereocenters. The molecule has 4 saturated carbocycles. The molecular weight excluding hydrogens is 238 g/mol. The third kappa shape index (κ3) is 1.69. The summed E-state index contributed by atoms with van der Waals surface area (Å²) in [5.41, 5.74) is 6.68. The molecule has 0 unspecified atom stereocenters. The number of hydrogen-bond acceptors (Lipinski definition) is 3. The summed E-state index contributed by atoms with van der Waals surface area (Å²) in [6.07, 6.45) is 8.26. The van der Waals surface area contributed by atoms with Crippen molar-refractivity contribution in [3.8, 4) is 0 Å². The van der Waals surface area contributed by atoms with Crippen molar-refractivity contribution < 1.29 is 0 Å². The van der Waals surface area contributed by atoms with Crippen LogP contribution in [0.3, 0.4) is 0 Å². The highest BCUT2D eigenvalue weighted by atomic mass is 16.1. The molecular formula is C15H21N3O. The first kappa shape index (κ1) is 11.6. The molecule has 102 valence electrons. The smallest absolute Gasteiger partial charge is 0.325 e. The van der Waals surface area contributed by atoms with Gasteiger partial charge in [-0.1, -0.05) is 0 Å². The van der Waals surface area contributed by atoms with E-state index in [9.17, 15) is 4.79 Å². The second kappa shape index (κ2) is 4.17. The van der Waals surface area contributed by atoms with Crippen molar-refractivity contribution in [1.29, 1.82) is 0 Å². The van der Waals surface area contributed by atoms with Gasteiger partial charge in [0.15, 0.2) is 0 Å². The first-order valence-electron chi connectivity index (χ1n) is 7.52. The van der Waals surface area contributed by atoms with E-state index in [1.165, 1.54) is 32.1 Å². The minimum atomic E-state index is -0.0968. The molecule has 1 aromatic rings. The Morgan fingerprint density at radius 3 is 2.37 bits per heavy atom. The largest absolute Gasteiger partial charge is 0.348 e. The van der Waals surface area contributed by atoms with E-state index in [1.807, 2.05) is 10.6 Å². The lowest BCUT2D eigenvalue weighted by atomic mass is 9.54. The molecule has 0 amide bonds.